The summed E-state index contributed by atoms with van der Waals surface area (Å²) in [7, 11) is 0. The molecule has 122 valence electrons. The molecule has 0 unspecified atom stereocenters. The molecule has 1 aromatic carbocycles. The van der Waals surface area contributed by atoms with E-state index in [1.165, 1.54) is 17.8 Å². The zero-order valence-electron chi connectivity index (χ0n) is 11.5. The van der Waals surface area contributed by atoms with Crippen LogP contribution in [0.15, 0.2) is 17.6 Å². The second-order valence-electron chi connectivity index (χ2n) is 4.93. The molecular weight excluding hydrogens is 402 g/mol. The van der Waals surface area contributed by atoms with Gasteiger partial charge in [-0.05, 0) is 18.9 Å². The van der Waals surface area contributed by atoms with Crippen LogP contribution < -0.4 is 5.32 Å². The molecule has 3 rings (SSSR count). The largest absolute Gasteiger partial charge is 0.323 e. The quantitative estimate of drug-likeness (QED) is 0.558. The standard InChI is InChI=1S/C13H10Cl4N4OS/c14-7-3-8(15)11(17)12(10(7)16)19-9(22)4-23-13-20-18-5-21(13)6-1-2-6/h3,5-6H,1-2,4H2,(H,19,22). The fraction of sp³-hybridized carbons (Fsp3) is 0.308. The molecule has 1 heterocycles. The van der Waals surface area contributed by atoms with Crippen LogP contribution in [-0.2, 0) is 4.79 Å². The number of hydrogen-bond acceptors (Lipinski definition) is 4. The lowest BCUT2D eigenvalue weighted by atomic mass is 10.3. The van der Waals surface area contributed by atoms with Crippen LogP contribution in [0.25, 0.3) is 0 Å². The number of carbonyl (C=O) groups is 1. The van der Waals surface area contributed by atoms with Gasteiger partial charge >= 0.3 is 0 Å². The van der Waals surface area contributed by atoms with Crippen molar-refractivity contribution in [2.75, 3.05) is 11.1 Å². The maximum Gasteiger partial charge on any atom is 0.234 e. The van der Waals surface area contributed by atoms with Gasteiger partial charge in [0.25, 0.3) is 0 Å². The summed E-state index contributed by atoms with van der Waals surface area (Å²) < 4.78 is 1.98. The number of nitrogens with one attached hydrogen (secondary N) is 1. The molecule has 0 aliphatic heterocycles. The summed E-state index contributed by atoms with van der Waals surface area (Å²) in [6.07, 6.45) is 3.91. The molecule has 1 aromatic heterocycles. The van der Waals surface area contributed by atoms with Gasteiger partial charge in [0.05, 0.1) is 31.5 Å². The first-order chi connectivity index (χ1) is 11.0. The predicted octanol–water partition coefficient (Wildman–Crippen LogP) is 4.96. The van der Waals surface area contributed by atoms with Crippen LogP contribution in [-0.4, -0.2) is 26.4 Å². The van der Waals surface area contributed by atoms with Crippen LogP contribution in [0.1, 0.15) is 18.9 Å². The lowest BCUT2D eigenvalue weighted by Gasteiger charge is -2.11. The van der Waals surface area contributed by atoms with Gasteiger partial charge in [-0.1, -0.05) is 58.2 Å². The highest BCUT2D eigenvalue weighted by Gasteiger charge is 2.26. The van der Waals surface area contributed by atoms with E-state index < -0.39 is 0 Å². The van der Waals surface area contributed by atoms with E-state index in [-0.39, 0.29) is 37.4 Å². The van der Waals surface area contributed by atoms with E-state index in [9.17, 15) is 4.79 Å². The van der Waals surface area contributed by atoms with Gasteiger partial charge in [-0.25, -0.2) is 0 Å². The summed E-state index contributed by atoms with van der Waals surface area (Å²) in [5, 5.41) is 12.0. The molecule has 0 saturated heterocycles. The Labute approximate surface area is 156 Å². The van der Waals surface area contributed by atoms with Crippen molar-refractivity contribution in [2.24, 2.45) is 0 Å². The maximum atomic E-state index is 12.1. The smallest absolute Gasteiger partial charge is 0.234 e. The third kappa shape index (κ3) is 3.88. The minimum Gasteiger partial charge on any atom is -0.323 e. The van der Waals surface area contributed by atoms with Crippen molar-refractivity contribution in [3.63, 3.8) is 0 Å². The number of halogens is 4. The Balaban J connectivity index is 1.67. The number of anilines is 1. The average Bonchev–Trinajstić information content (AvgIpc) is 3.26. The van der Waals surface area contributed by atoms with Gasteiger partial charge in [-0.3, -0.25) is 4.79 Å². The summed E-state index contributed by atoms with van der Waals surface area (Å²) >= 11 is 25.3. The van der Waals surface area contributed by atoms with Crippen molar-refractivity contribution >= 4 is 69.8 Å². The van der Waals surface area contributed by atoms with Gasteiger partial charge in [0, 0.05) is 6.04 Å². The van der Waals surface area contributed by atoms with E-state index in [0.29, 0.717) is 11.2 Å². The summed E-state index contributed by atoms with van der Waals surface area (Å²) in [6, 6.07) is 1.88. The number of amides is 1. The number of rotatable bonds is 5. The minimum atomic E-state index is -0.289. The van der Waals surface area contributed by atoms with Crippen molar-refractivity contribution in [1.82, 2.24) is 14.8 Å². The molecule has 0 atom stereocenters. The molecule has 0 radical (unpaired) electrons. The van der Waals surface area contributed by atoms with Crippen LogP contribution in [0.5, 0.6) is 0 Å². The van der Waals surface area contributed by atoms with Crippen LogP contribution in [0, 0.1) is 0 Å². The molecule has 0 bridgehead atoms. The SMILES string of the molecule is O=C(CSc1nncn1C1CC1)Nc1c(Cl)c(Cl)cc(Cl)c1Cl. The minimum absolute atomic E-state index is 0.141. The van der Waals surface area contributed by atoms with E-state index in [0.717, 1.165) is 12.8 Å². The number of aromatic nitrogens is 3. The average molecular weight is 412 g/mol. The molecule has 1 saturated carbocycles. The molecule has 1 N–H and O–H groups in total. The van der Waals surface area contributed by atoms with Crippen LogP contribution in [0.3, 0.4) is 0 Å². The second-order valence-corrected chi connectivity index (χ2v) is 7.44. The Hall–Kier alpha value is -0.660. The molecule has 2 aromatic rings. The molecular formula is C13H10Cl4N4OS. The highest BCUT2D eigenvalue weighted by atomic mass is 35.5. The maximum absolute atomic E-state index is 12.1. The van der Waals surface area contributed by atoms with Crippen molar-refractivity contribution in [3.05, 3.63) is 32.5 Å². The molecule has 0 spiro atoms. The van der Waals surface area contributed by atoms with Crippen LogP contribution in [0.2, 0.25) is 20.1 Å². The van der Waals surface area contributed by atoms with E-state index in [2.05, 4.69) is 15.5 Å². The third-order valence-electron chi connectivity index (χ3n) is 3.19. The first kappa shape index (κ1) is 17.2. The Morgan fingerprint density at radius 1 is 1.26 bits per heavy atom. The monoisotopic (exact) mass is 410 g/mol. The zero-order valence-corrected chi connectivity index (χ0v) is 15.4. The lowest BCUT2D eigenvalue weighted by Crippen LogP contribution is -2.15. The molecule has 23 heavy (non-hydrogen) atoms. The highest BCUT2D eigenvalue weighted by Crippen LogP contribution is 2.41. The zero-order chi connectivity index (χ0) is 16.6. The Kier molecular flexibility index (Phi) is 5.28. The molecule has 1 fully saturated rings. The Morgan fingerprint density at radius 2 is 1.91 bits per heavy atom. The first-order valence-electron chi connectivity index (χ1n) is 6.62. The Morgan fingerprint density at radius 3 is 2.52 bits per heavy atom. The van der Waals surface area contributed by atoms with E-state index in [4.69, 9.17) is 46.4 Å². The van der Waals surface area contributed by atoms with Gasteiger partial charge in [0.1, 0.15) is 6.33 Å². The molecule has 1 aliphatic rings. The first-order valence-corrected chi connectivity index (χ1v) is 9.12. The van der Waals surface area contributed by atoms with Gasteiger partial charge in [-0.2, -0.15) is 0 Å². The molecule has 10 heteroatoms. The summed E-state index contributed by atoms with van der Waals surface area (Å²) in [5.41, 5.74) is 0.208. The van der Waals surface area contributed by atoms with Crippen molar-refractivity contribution < 1.29 is 4.79 Å². The number of carbonyl (C=O) groups excluding carboxylic acids is 1. The molecule has 5 nitrogen and oxygen atoms in total. The fourth-order valence-corrected chi connectivity index (χ4v) is 3.61. The van der Waals surface area contributed by atoms with E-state index in [1.54, 1.807) is 6.33 Å². The van der Waals surface area contributed by atoms with Crippen LogP contribution in [0.4, 0.5) is 5.69 Å². The van der Waals surface area contributed by atoms with Crippen molar-refractivity contribution in [1.29, 1.82) is 0 Å². The van der Waals surface area contributed by atoms with Gasteiger partial charge in [0.15, 0.2) is 5.16 Å². The highest BCUT2D eigenvalue weighted by molar-refractivity contribution is 7.99. The third-order valence-corrected chi connectivity index (χ3v) is 5.72. The number of thioether (sulfide) groups is 1. The van der Waals surface area contributed by atoms with E-state index in [1.807, 2.05) is 4.57 Å². The molecule has 1 aliphatic carbocycles. The molecule has 1 amide bonds. The van der Waals surface area contributed by atoms with Gasteiger partial charge in [-0.15, -0.1) is 10.2 Å². The lowest BCUT2D eigenvalue weighted by molar-refractivity contribution is -0.113. The fourth-order valence-electron chi connectivity index (χ4n) is 1.93. The Bertz CT molecular complexity index is 736. The van der Waals surface area contributed by atoms with Crippen LogP contribution >= 0.6 is 58.2 Å². The van der Waals surface area contributed by atoms with Gasteiger partial charge in [0.2, 0.25) is 5.91 Å². The van der Waals surface area contributed by atoms with Gasteiger partial charge < -0.3 is 9.88 Å². The topological polar surface area (TPSA) is 59.8 Å². The summed E-state index contributed by atoms with van der Waals surface area (Å²) in [4.78, 5) is 12.1. The number of nitrogens with zero attached hydrogens (tertiary/aromatic N) is 3. The normalized spacial score (nSPS) is 14.1. The predicted molar refractivity (Wildman–Crippen MR) is 94.1 cm³/mol. The van der Waals surface area contributed by atoms with E-state index >= 15 is 0 Å². The van der Waals surface area contributed by atoms with Crippen molar-refractivity contribution in [3.8, 4) is 0 Å². The summed E-state index contributed by atoms with van der Waals surface area (Å²) in [5.74, 6) is -0.148. The summed E-state index contributed by atoms with van der Waals surface area (Å²) in [6.45, 7) is 0. The number of hydrogen-bond donors (Lipinski definition) is 1. The van der Waals surface area contributed by atoms with Crippen molar-refractivity contribution in [2.45, 2.75) is 24.0 Å². The second kappa shape index (κ2) is 7.07. The number of benzene rings is 1.